The molecule has 0 spiro atoms. The van der Waals surface area contributed by atoms with Crippen LogP contribution in [0.2, 0.25) is 0 Å². The Morgan fingerprint density at radius 1 is 1.64 bits per heavy atom. The predicted molar refractivity (Wildman–Crippen MR) is 48.2 cm³/mol. The molecule has 0 atom stereocenters. The van der Waals surface area contributed by atoms with Gasteiger partial charge in [-0.2, -0.15) is 5.26 Å². The smallest absolute Gasteiger partial charge is 0.258 e. The molecule has 0 unspecified atom stereocenters. The van der Waals surface area contributed by atoms with E-state index in [1.165, 1.54) is 6.92 Å². The standard InChI is InChI=1S/C9H7ClF2N2/c1-5-7(2-10)14-4-6(3-13)8(5)9(11)12/h4,9H,2H2,1H3. The van der Waals surface area contributed by atoms with Crippen LogP contribution < -0.4 is 0 Å². The summed E-state index contributed by atoms with van der Waals surface area (Å²) in [4.78, 5) is 3.82. The molecule has 1 aromatic heterocycles. The summed E-state index contributed by atoms with van der Waals surface area (Å²) in [6.45, 7) is 1.49. The first kappa shape index (κ1) is 10.9. The summed E-state index contributed by atoms with van der Waals surface area (Å²) in [5.41, 5.74) is 0.333. The third-order valence-electron chi connectivity index (χ3n) is 1.94. The second-order valence-corrected chi connectivity index (χ2v) is 2.97. The zero-order valence-corrected chi connectivity index (χ0v) is 8.15. The number of halogens is 3. The topological polar surface area (TPSA) is 36.7 Å². The van der Waals surface area contributed by atoms with Gasteiger partial charge in [-0.1, -0.05) is 0 Å². The van der Waals surface area contributed by atoms with E-state index in [2.05, 4.69) is 4.98 Å². The quantitative estimate of drug-likeness (QED) is 0.713. The van der Waals surface area contributed by atoms with Crippen molar-refractivity contribution in [1.29, 1.82) is 5.26 Å². The van der Waals surface area contributed by atoms with Gasteiger partial charge < -0.3 is 0 Å². The molecule has 0 amide bonds. The summed E-state index contributed by atoms with van der Waals surface area (Å²) in [5.74, 6) is 0.0667. The molecule has 0 saturated heterocycles. The van der Waals surface area contributed by atoms with Crippen molar-refractivity contribution in [2.75, 3.05) is 0 Å². The van der Waals surface area contributed by atoms with Gasteiger partial charge in [0.15, 0.2) is 0 Å². The van der Waals surface area contributed by atoms with Crippen LogP contribution in [0.1, 0.15) is 28.8 Å². The molecule has 0 aliphatic carbocycles. The predicted octanol–water partition coefficient (Wildman–Crippen LogP) is 2.94. The lowest BCUT2D eigenvalue weighted by atomic mass is 10.0. The lowest BCUT2D eigenvalue weighted by Gasteiger charge is -2.09. The number of hydrogen-bond acceptors (Lipinski definition) is 2. The second kappa shape index (κ2) is 4.34. The van der Waals surface area contributed by atoms with Gasteiger partial charge in [-0.3, -0.25) is 4.98 Å². The van der Waals surface area contributed by atoms with Gasteiger partial charge in [0.05, 0.1) is 17.1 Å². The summed E-state index contributed by atoms with van der Waals surface area (Å²) in [6, 6.07) is 1.68. The summed E-state index contributed by atoms with van der Waals surface area (Å²) in [7, 11) is 0. The maximum atomic E-state index is 12.6. The maximum Gasteiger partial charge on any atom is 0.265 e. The molecular formula is C9H7ClF2N2. The van der Waals surface area contributed by atoms with E-state index in [0.717, 1.165) is 6.20 Å². The molecule has 14 heavy (non-hydrogen) atoms. The van der Waals surface area contributed by atoms with Gasteiger partial charge in [0, 0.05) is 11.8 Å². The van der Waals surface area contributed by atoms with Crippen molar-refractivity contribution in [3.05, 3.63) is 28.6 Å². The van der Waals surface area contributed by atoms with Crippen LogP contribution in [-0.4, -0.2) is 4.98 Å². The van der Waals surface area contributed by atoms with E-state index in [1.54, 1.807) is 6.07 Å². The first-order valence-corrected chi connectivity index (χ1v) is 4.37. The van der Waals surface area contributed by atoms with Gasteiger partial charge in [-0.05, 0) is 12.5 Å². The SMILES string of the molecule is Cc1c(CCl)ncc(C#N)c1C(F)F. The average Bonchev–Trinajstić information content (AvgIpc) is 2.16. The van der Waals surface area contributed by atoms with Crippen molar-refractivity contribution in [2.24, 2.45) is 0 Å². The summed E-state index contributed by atoms with van der Waals surface area (Å²) < 4.78 is 25.1. The van der Waals surface area contributed by atoms with Crippen LogP contribution in [-0.2, 0) is 5.88 Å². The van der Waals surface area contributed by atoms with Gasteiger partial charge >= 0.3 is 0 Å². The zero-order valence-electron chi connectivity index (χ0n) is 7.39. The van der Waals surface area contributed by atoms with Crippen LogP contribution in [0.5, 0.6) is 0 Å². The fourth-order valence-corrected chi connectivity index (χ4v) is 1.44. The van der Waals surface area contributed by atoms with Crippen molar-refractivity contribution in [3.63, 3.8) is 0 Å². The van der Waals surface area contributed by atoms with E-state index in [4.69, 9.17) is 16.9 Å². The summed E-state index contributed by atoms with van der Waals surface area (Å²) in [6.07, 6.45) is -1.54. The highest BCUT2D eigenvalue weighted by Crippen LogP contribution is 2.27. The highest BCUT2D eigenvalue weighted by molar-refractivity contribution is 6.17. The number of alkyl halides is 3. The van der Waals surface area contributed by atoms with Gasteiger partial charge in [-0.15, -0.1) is 11.6 Å². The number of rotatable bonds is 2. The molecule has 0 aromatic carbocycles. The largest absolute Gasteiger partial charge is 0.265 e. The van der Waals surface area contributed by atoms with Crippen LogP contribution in [0.25, 0.3) is 0 Å². The summed E-state index contributed by atoms with van der Waals surface area (Å²) in [5, 5.41) is 8.60. The Hall–Kier alpha value is -1.21. The molecule has 0 aliphatic heterocycles. The lowest BCUT2D eigenvalue weighted by Crippen LogP contribution is -2.01. The van der Waals surface area contributed by atoms with Gasteiger partial charge in [-0.25, -0.2) is 8.78 Å². The molecule has 74 valence electrons. The molecule has 0 saturated carbocycles. The van der Waals surface area contributed by atoms with E-state index in [1.807, 2.05) is 0 Å². The van der Waals surface area contributed by atoms with Crippen molar-refractivity contribution in [3.8, 4) is 6.07 Å². The van der Waals surface area contributed by atoms with Crippen molar-refractivity contribution < 1.29 is 8.78 Å². The number of nitrogens with zero attached hydrogens (tertiary/aromatic N) is 2. The van der Waals surface area contributed by atoms with E-state index in [-0.39, 0.29) is 17.0 Å². The van der Waals surface area contributed by atoms with Crippen molar-refractivity contribution >= 4 is 11.6 Å². The Morgan fingerprint density at radius 2 is 2.29 bits per heavy atom. The minimum Gasteiger partial charge on any atom is -0.258 e. The summed E-state index contributed by atoms with van der Waals surface area (Å²) >= 11 is 5.51. The Morgan fingerprint density at radius 3 is 2.71 bits per heavy atom. The molecule has 0 bridgehead atoms. The van der Waals surface area contributed by atoms with Crippen molar-refractivity contribution in [1.82, 2.24) is 4.98 Å². The highest BCUT2D eigenvalue weighted by Gasteiger charge is 2.18. The Labute approximate surface area is 85.1 Å². The molecule has 0 radical (unpaired) electrons. The van der Waals surface area contributed by atoms with Crippen LogP contribution in [0.4, 0.5) is 8.78 Å². The number of hydrogen-bond donors (Lipinski definition) is 0. The third kappa shape index (κ3) is 1.83. The van der Waals surface area contributed by atoms with Crippen LogP contribution >= 0.6 is 11.6 Å². The Bertz CT molecular complexity index is 385. The highest BCUT2D eigenvalue weighted by atomic mass is 35.5. The molecule has 0 aliphatic rings. The average molecular weight is 217 g/mol. The molecule has 2 nitrogen and oxygen atoms in total. The van der Waals surface area contributed by atoms with E-state index in [9.17, 15) is 8.78 Å². The first-order chi connectivity index (χ1) is 6.61. The third-order valence-corrected chi connectivity index (χ3v) is 2.19. The van der Waals surface area contributed by atoms with E-state index >= 15 is 0 Å². The monoisotopic (exact) mass is 216 g/mol. The molecule has 1 aromatic rings. The van der Waals surface area contributed by atoms with E-state index < -0.39 is 6.43 Å². The second-order valence-electron chi connectivity index (χ2n) is 2.70. The Kier molecular flexibility index (Phi) is 3.37. The van der Waals surface area contributed by atoms with Gasteiger partial charge in [0.1, 0.15) is 6.07 Å². The van der Waals surface area contributed by atoms with E-state index in [0.29, 0.717) is 11.3 Å². The lowest BCUT2D eigenvalue weighted by molar-refractivity contribution is 0.150. The first-order valence-electron chi connectivity index (χ1n) is 3.84. The van der Waals surface area contributed by atoms with Gasteiger partial charge in [0.2, 0.25) is 0 Å². The molecule has 0 fully saturated rings. The van der Waals surface area contributed by atoms with Gasteiger partial charge in [0.25, 0.3) is 6.43 Å². The van der Waals surface area contributed by atoms with Crippen molar-refractivity contribution in [2.45, 2.75) is 19.2 Å². The van der Waals surface area contributed by atoms with Crippen LogP contribution in [0.3, 0.4) is 0 Å². The van der Waals surface area contributed by atoms with Crippen LogP contribution in [0.15, 0.2) is 6.20 Å². The molecule has 1 heterocycles. The normalized spacial score (nSPS) is 10.3. The minimum atomic E-state index is -2.67. The van der Waals surface area contributed by atoms with Crippen LogP contribution in [0, 0.1) is 18.3 Å². The number of pyridine rings is 1. The fourth-order valence-electron chi connectivity index (χ4n) is 1.17. The molecule has 0 N–H and O–H groups in total. The zero-order chi connectivity index (χ0) is 10.7. The molecule has 1 rings (SSSR count). The fraction of sp³-hybridized carbons (Fsp3) is 0.333. The maximum absolute atomic E-state index is 12.6. The molecule has 5 heteroatoms. The molecular weight excluding hydrogens is 210 g/mol. The number of nitriles is 1. The Balaban J connectivity index is 3.41. The minimum absolute atomic E-state index is 0.0667. The number of aromatic nitrogens is 1.